The van der Waals surface area contributed by atoms with E-state index in [1.807, 2.05) is 41.5 Å². The fourth-order valence-corrected chi connectivity index (χ4v) is 8.46. The van der Waals surface area contributed by atoms with Crippen molar-refractivity contribution in [3.8, 4) is 22.3 Å². The number of hydrogen-bond acceptors (Lipinski definition) is 0. The molecule has 0 saturated carbocycles. The van der Waals surface area contributed by atoms with Crippen molar-refractivity contribution in [1.82, 2.24) is 0 Å². The molecule has 284 valence electrons. The Bertz CT molecular complexity index is 2480. The summed E-state index contributed by atoms with van der Waals surface area (Å²) in [4.78, 5) is 0. The van der Waals surface area contributed by atoms with Crippen LogP contribution in [0.4, 0.5) is 0 Å². The van der Waals surface area contributed by atoms with Gasteiger partial charge in [0.1, 0.15) is 0 Å². The molecule has 0 aliphatic heterocycles. The Balaban J connectivity index is 0.000000124. The first kappa shape index (κ1) is 39.5. The lowest BCUT2D eigenvalue weighted by atomic mass is 9.95. The third kappa shape index (κ3) is 7.19. The third-order valence-electron chi connectivity index (χ3n) is 10.7. The maximum absolute atomic E-state index is 2.22. The maximum atomic E-state index is 2.22. The van der Waals surface area contributed by atoms with E-state index in [0.29, 0.717) is 0 Å². The maximum Gasteiger partial charge on any atom is -0.00264 e. The summed E-state index contributed by atoms with van der Waals surface area (Å²) < 4.78 is 0. The number of fused-ring (bicyclic) bond motifs is 15. The van der Waals surface area contributed by atoms with Gasteiger partial charge in [-0.05, 0) is 97.7 Å². The van der Waals surface area contributed by atoms with Crippen LogP contribution in [-0.4, -0.2) is 0 Å². The van der Waals surface area contributed by atoms with Crippen LogP contribution in [0.5, 0.6) is 0 Å². The molecule has 0 unspecified atom stereocenters. The van der Waals surface area contributed by atoms with Crippen molar-refractivity contribution in [2.45, 2.75) is 41.5 Å². The zero-order chi connectivity index (χ0) is 40.4. The van der Waals surface area contributed by atoms with E-state index in [4.69, 9.17) is 0 Å². The van der Waals surface area contributed by atoms with Crippen LogP contribution in [0.1, 0.15) is 41.5 Å². The standard InChI is InChI=1S/2C18H12.C16H10.3C2H6/c2*1-2-8-14-13(7-1)15-9-3-4-11-17(15)18-12-6-5-10-16(14)18;1-2-8-13-12(7-1)14-9-3-5-11-6-4-10-15(13)16(11)14;3*1-2/h2*1-12H;1-10H;3*1-2H3. The Labute approximate surface area is 344 Å². The minimum absolute atomic E-state index is 1.34. The normalized spacial score (nSPS) is 10.6. The predicted molar refractivity (Wildman–Crippen MR) is 260 cm³/mol. The van der Waals surface area contributed by atoms with Crippen LogP contribution >= 0.6 is 0 Å². The highest BCUT2D eigenvalue weighted by atomic mass is 14.2. The van der Waals surface area contributed by atoms with Crippen molar-refractivity contribution in [3.63, 3.8) is 0 Å². The zero-order valence-corrected chi connectivity index (χ0v) is 34.6. The van der Waals surface area contributed by atoms with Crippen LogP contribution in [0.15, 0.2) is 206 Å². The number of benzene rings is 11. The van der Waals surface area contributed by atoms with Crippen LogP contribution in [0, 0.1) is 0 Å². The second-order valence-corrected chi connectivity index (χ2v) is 13.5. The minimum Gasteiger partial charge on any atom is -0.0683 e. The Morgan fingerprint density at radius 3 is 0.552 bits per heavy atom. The van der Waals surface area contributed by atoms with Gasteiger partial charge in [-0.3, -0.25) is 0 Å². The fraction of sp³-hybridized carbons (Fsp3) is 0.103. The summed E-state index contributed by atoms with van der Waals surface area (Å²) >= 11 is 0. The van der Waals surface area contributed by atoms with E-state index >= 15 is 0 Å². The SMILES string of the molecule is CC.CC.CC.c1ccc2c(c1)-c1cccc3cccc-2c13.c1ccc2c(c1)c1ccccc1c1ccccc21.c1ccc2c(c1)c1ccccc1c1ccccc21. The molecule has 58 heavy (non-hydrogen) atoms. The summed E-state index contributed by atoms with van der Waals surface area (Å²) in [5.74, 6) is 0. The van der Waals surface area contributed by atoms with Crippen molar-refractivity contribution in [2.24, 2.45) is 0 Å². The molecule has 0 heteroatoms. The average Bonchev–Trinajstić information content (AvgIpc) is 3.66. The molecule has 0 spiro atoms. The monoisotopic (exact) mass is 748 g/mol. The van der Waals surface area contributed by atoms with Gasteiger partial charge in [-0.15, -0.1) is 0 Å². The van der Waals surface area contributed by atoms with Crippen LogP contribution < -0.4 is 0 Å². The van der Waals surface area contributed by atoms with E-state index in [2.05, 4.69) is 206 Å². The van der Waals surface area contributed by atoms with Crippen LogP contribution in [-0.2, 0) is 0 Å². The first-order valence-corrected chi connectivity index (χ1v) is 21.0. The molecule has 11 aromatic carbocycles. The lowest BCUT2D eigenvalue weighted by Gasteiger charge is -2.09. The molecule has 12 rings (SSSR count). The van der Waals surface area contributed by atoms with E-state index < -0.39 is 0 Å². The van der Waals surface area contributed by atoms with Crippen LogP contribution in [0.3, 0.4) is 0 Å². The summed E-state index contributed by atoms with van der Waals surface area (Å²) in [5.41, 5.74) is 5.50. The van der Waals surface area contributed by atoms with Gasteiger partial charge in [0.2, 0.25) is 0 Å². The Morgan fingerprint density at radius 1 is 0.172 bits per heavy atom. The van der Waals surface area contributed by atoms with Crippen LogP contribution in [0.25, 0.3) is 97.7 Å². The molecule has 0 atom stereocenters. The molecular weight excluding hydrogens is 697 g/mol. The van der Waals surface area contributed by atoms with E-state index in [1.54, 1.807) is 0 Å². The number of hydrogen-bond donors (Lipinski definition) is 0. The highest BCUT2D eigenvalue weighted by Gasteiger charge is 2.19. The lowest BCUT2D eigenvalue weighted by Crippen LogP contribution is -1.81. The second kappa shape index (κ2) is 18.5. The van der Waals surface area contributed by atoms with Gasteiger partial charge in [-0.2, -0.15) is 0 Å². The Hall–Kier alpha value is -6.76. The average molecular weight is 749 g/mol. The molecular formula is C58H52. The zero-order valence-electron chi connectivity index (χ0n) is 34.6. The van der Waals surface area contributed by atoms with Gasteiger partial charge in [0.15, 0.2) is 0 Å². The molecule has 1 aliphatic carbocycles. The van der Waals surface area contributed by atoms with Gasteiger partial charge in [0.05, 0.1) is 0 Å². The first-order chi connectivity index (χ1) is 28.8. The summed E-state index contributed by atoms with van der Waals surface area (Å²) in [6.45, 7) is 12.0. The van der Waals surface area contributed by atoms with Crippen molar-refractivity contribution in [3.05, 3.63) is 206 Å². The second-order valence-electron chi connectivity index (χ2n) is 13.5. The van der Waals surface area contributed by atoms with Gasteiger partial charge in [0.25, 0.3) is 0 Å². The number of rotatable bonds is 0. The molecule has 11 aromatic rings. The molecule has 0 aromatic heterocycles. The summed E-state index contributed by atoms with van der Waals surface area (Å²) in [6.07, 6.45) is 0. The van der Waals surface area contributed by atoms with Gasteiger partial charge in [-0.25, -0.2) is 0 Å². The quantitative estimate of drug-likeness (QED) is 0.136. The topological polar surface area (TPSA) is 0 Å². The lowest BCUT2D eigenvalue weighted by molar-refractivity contribution is 1.50. The fourth-order valence-electron chi connectivity index (χ4n) is 8.46. The molecule has 0 N–H and O–H groups in total. The molecule has 0 heterocycles. The summed E-state index contributed by atoms with van der Waals surface area (Å²) in [5, 5.41) is 18.8. The van der Waals surface area contributed by atoms with E-state index in [0.717, 1.165) is 0 Å². The molecule has 1 aliphatic rings. The van der Waals surface area contributed by atoms with Crippen molar-refractivity contribution < 1.29 is 0 Å². The smallest absolute Gasteiger partial charge is 0.00264 e. The predicted octanol–water partition coefficient (Wildman–Crippen LogP) is 17.9. The minimum atomic E-state index is 1.34. The van der Waals surface area contributed by atoms with E-state index in [-0.39, 0.29) is 0 Å². The first-order valence-electron chi connectivity index (χ1n) is 21.0. The highest BCUT2D eigenvalue weighted by molar-refractivity contribution is 6.26. The van der Waals surface area contributed by atoms with Crippen molar-refractivity contribution in [1.29, 1.82) is 0 Å². The molecule has 0 saturated heterocycles. The molecule has 0 fully saturated rings. The molecule has 0 bridgehead atoms. The third-order valence-corrected chi connectivity index (χ3v) is 10.7. The van der Waals surface area contributed by atoms with Crippen LogP contribution in [0.2, 0.25) is 0 Å². The summed E-state index contributed by atoms with van der Waals surface area (Å²) in [7, 11) is 0. The van der Waals surface area contributed by atoms with Crippen molar-refractivity contribution >= 4 is 75.4 Å². The van der Waals surface area contributed by atoms with E-state index in [1.165, 1.54) is 97.7 Å². The van der Waals surface area contributed by atoms with Gasteiger partial charge in [-0.1, -0.05) is 248 Å². The van der Waals surface area contributed by atoms with Gasteiger partial charge >= 0.3 is 0 Å². The van der Waals surface area contributed by atoms with Crippen molar-refractivity contribution in [2.75, 3.05) is 0 Å². The Kier molecular flexibility index (Phi) is 12.6. The highest BCUT2D eigenvalue weighted by Crippen LogP contribution is 2.46. The van der Waals surface area contributed by atoms with Gasteiger partial charge < -0.3 is 0 Å². The molecule has 0 radical (unpaired) electrons. The Morgan fingerprint density at radius 2 is 0.345 bits per heavy atom. The largest absolute Gasteiger partial charge is 0.0683 e. The van der Waals surface area contributed by atoms with Gasteiger partial charge in [0, 0.05) is 0 Å². The molecule has 0 amide bonds. The van der Waals surface area contributed by atoms with E-state index in [9.17, 15) is 0 Å². The molecule has 0 nitrogen and oxygen atoms in total. The summed E-state index contributed by atoms with van der Waals surface area (Å²) in [6, 6.07) is 73.7.